The molecule has 70 valence electrons. The highest BCUT2D eigenvalue weighted by Gasteiger charge is 2.33. The van der Waals surface area contributed by atoms with Gasteiger partial charge < -0.3 is 0 Å². The van der Waals surface area contributed by atoms with Gasteiger partial charge in [-0.2, -0.15) is 13.2 Å². The van der Waals surface area contributed by atoms with E-state index in [9.17, 15) is 13.2 Å². The van der Waals surface area contributed by atoms with Crippen molar-refractivity contribution in [2.45, 2.75) is 6.18 Å². The molecule has 0 aromatic heterocycles. The van der Waals surface area contributed by atoms with Gasteiger partial charge in [0, 0.05) is 0 Å². The van der Waals surface area contributed by atoms with E-state index < -0.39 is 11.7 Å². The van der Waals surface area contributed by atoms with Gasteiger partial charge in [-0.15, -0.1) is 0 Å². The van der Waals surface area contributed by atoms with Gasteiger partial charge in [0.25, 0.3) is 0 Å². The van der Waals surface area contributed by atoms with Crippen molar-refractivity contribution in [3.63, 3.8) is 0 Å². The molecule has 1 aromatic carbocycles. The van der Waals surface area contributed by atoms with E-state index in [2.05, 4.69) is 15.9 Å². The Bertz CT molecular complexity index is 300. The first-order valence-corrected chi connectivity index (χ1v) is 4.40. The fourth-order valence-corrected chi connectivity index (χ4v) is 1.43. The van der Waals surface area contributed by atoms with Crippen LogP contribution in [-0.2, 0) is 0 Å². The molecule has 0 saturated carbocycles. The smallest absolute Gasteiger partial charge is 0.166 e. The molecule has 0 fully saturated rings. The summed E-state index contributed by atoms with van der Waals surface area (Å²) in [5, 5.41) is 0. The molecule has 0 saturated heterocycles. The van der Waals surface area contributed by atoms with Crippen molar-refractivity contribution in [1.29, 1.82) is 0 Å². The van der Waals surface area contributed by atoms with Crippen molar-refractivity contribution >= 4 is 21.5 Å². The lowest BCUT2D eigenvalue weighted by Crippen LogP contribution is -2.09. The SMILES string of the molecule is FC(F)(F)/C(=C/Br)c1ccccc1. The highest BCUT2D eigenvalue weighted by atomic mass is 79.9. The number of rotatable bonds is 1. The van der Waals surface area contributed by atoms with Crippen LogP contribution in [0.3, 0.4) is 0 Å². The lowest BCUT2D eigenvalue weighted by atomic mass is 10.1. The summed E-state index contributed by atoms with van der Waals surface area (Å²) < 4.78 is 36.9. The Kier molecular flexibility index (Phi) is 3.14. The minimum atomic E-state index is -4.31. The number of halogens is 4. The molecule has 1 aromatic rings. The van der Waals surface area contributed by atoms with Crippen molar-refractivity contribution < 1.29 is 13.2 Å². The molecule has 0 nitrogen and oxygen atoms in total. The molecular formula is C9H6BrF3. The molecule has 0 aliphatic carbocycles. The normalized spacial score (nSPS) is 13.1. The molecule has 0 heterocycles. The second-order valence-corrected chi connectivity index (χ2v) is 2.84. The molecule has 0 amide bonds. The van der Waals surface area contributed by atoms with E-state index in [1.54, 1.807) is 18.2 Å². The monoisotopic (exact) mass is 250 g/mol. The standard InChI is InChI=1S/C9H6BrF3/c10-6-8(9(11,12)13)7-4-2-1-3-5-7/h1-6H/b8-6+. The van der Waals surface area contributed by atoms with Gasteiger partial charge in [-0.25, -0.2) is 0 Å². The molecule has 0 N–H and O–H groups in total. The van der Waals surface area contributed by atoms with Crippen molar-refractivity contribution in [3.8, 4) is 0 Å². The predicted molar refractivity (Wildman–Crippen MR) is 49.4 cm³/mol. The second-order valence-electron chi connectivity index (χ2n) is 2.39. The van der Waals surface area contributed by atoms with E-state index in [1.807, 2.05) is 0 Å². The highest BCUT2D eigenvalue weighted by molar-refractivity contribution is 9.11. The largest absolute Gasteiger partial charge is 0.417 e. The van der Waals surface area contributed by atoms with E-state index in [1.165, 1.54) is 12.1 Å². The quantitative estimate of drug-likeness (QED) is 0.708. The summed E-state index contributed by atoms with van der Waals surface area (Å²) in [6, 6.07) is 7.64. The summed E-state index contributed by atoms with van der Waals surface area (Å²) in [4.78, 5) is 0.891. The van der Waals surface area contributed by atoms with E-state index in [0.717, 1.165) is 4.99 Å². The Hall–Kier alpha value is -0.770. The van der Waals surface area contributed by atoms with Crippen molar-refractivity contribution in [1.82, 2.24) is 0 Å². The van der Waals surface area contributed by atoms with E-state index in [4.69, 9.17) is 0 Å². The minimum Gasteiger partial charge on any atom is -0.166 e. The maximum atomic E-state index is 12.3. The third kappa shape index (κ3) is 2.59. The zero-order valence-electron chi connectivity index (χ0n) is 6.48. The molecule has 0 aliphatic heterocycles. The van der Waals surface area contributed by atoms with Gasteiger partial charge in [-0.1, -0.05) is 46.3 Å². The van der Waals surface area contributed by atoms with Crippen LogP contribution < -0.4 is 0 Å². The highest BCUT2D eigenvalue weighted by Crippen LogP contribution is 2.34. The third-order valence-electron chi connectivity index (χ3n) is 1.50. The van der Waals surface area contributed by atoms with Gasteiger partial charge in [-0.05, 0) is 10.5 Å². The molecule has 0 spiro atoms. The number of allylic oxidation sites excluding steroid dienone is 1. The second kappa shape index (κ2) is 3.96. The average molecular weight is 251 g/mol. The molecule has 0 unspecified atom stereocenters. The first kappa shape index (κ1) is 10.3. The summed E-state index contributed by atoms with van der Waals surface area (Å²) >= 11 is 2.71. The molecular weight excluding hydrogens is 245 g/mol. The zero-order chi connectivity index (χ0) is 9.90. The van der Waals surface area contributed by atoms with Crippen LogP contribution in [0.1, 0.15) is 5.56 Å². The van der Waals surface area contributed by atoms with E-state index in [-0.39, 0.29) is 5.56 Å². The van der Waals surface area contributed by atoms with Crippen LogP contribution in [-0.4, -0.2) is 6.18 Å². The third-order valence-corrected chi connectivity index (χ3v) is 1.96. The van der Waals surface area contributed by atoms with Gasteiger partial charge in [-0.3, -0.25) is 0 Å². The zero-order valence-corrected chi connectivity index (χ0v) is 8.06. The summed E-state index contributed by atoms with van der Waals surface area (Å²) in [7, 11) is 0. The summed E-state index contributed by atoms with van der Waals surface area (Å²) in [6.07, 6.45) is -4.31. The van der Waals surface area contributed by atoms with Crippen LogP contribution in [0.2, 0.25) is 0 Å². The Labute approximate surface area is 82.2 Å². The Balaban J connectivity index is 3.08. The Morgan fingerprint density at radius 1 is 1.15 bits per heavy atom. The lowest BCUT2D eigenvalue weighted by molar-refractivity contribution is -0.0687. The predicted octanol–water partition coefficient (Wildman–Crippen LogP) is 3.98. The number of alkyl halides is 3. The van der Waals surface area contributed by atoms with Crippen molar-refractivity contribution in [3.05, 3.63) is 40.9 Å². The van der Waals surface area contributed by atoms with Gasteiger partial charge in [0.05, 0.1) is 5.57 Å². The fourth-order valence-electron chi connectivity index (χ4n) is 0.906. The molecule has 0 atom stereocenters. The molecule has 0 radical (unpaired) electrons. The number of hydrogen-bond acceptors (Lipinski definition) is 0. The molecule has 1 rings (SSSR count). The van der Waals surface area contributed by atoms with E-state index >= 15 is 0 Å². The summed E-state index contributed by atoms with van der Waals surface area (Å²) in [5.41, 5.74) is -0.514. The molecule has 0 bridgehead atoms. The summed E-state index contributed by atoms with van der Waals surface area (Å²) in [5.74, 6) is 0. The first-order chi connectivity index (χ1) is 6.05. The Morgan fingerprint density at radius 2 is 1.69 bits per heavy atom. The van der Waals surface area contributed by atoms with Crippen LogP contribution >= 0.6 is 15.9 Å². The lowest BCUT2D eigenvalue weighted by Gasteiger charge is -2.10. The van der Waals surface area contributed by atoms with Crippen LogP contribution in [0.15, 0.2) is 35.3 Å². The van der Waals surface area contributed by atoms with Crippen LogP contribution in [0, 0.1) is 0 Å². The minimum absolute atomic E-state index is 0.159. The van der Waals surface area contributed by atoms with Gasteiger partial charge in [0.15, 0.2) is 0 Å². The fraction of sp³-hybridized carbons (Fsp3) is 0.111. The topological polar surface area (TPSA) is 0 Å². The molecule has 4 heteroatoms. The molecule has 13 heavy (non-hydrogen) atoms. The Morgan fingerprint density at radius 3 is 2.08 bits per heavy atom. The average Bonchev–Trinajstić information content (AvgIpc) is 2.05. The van der Waals surface area contributed by atoms with Crippen LogP contribution in [0.4, 0.5) is 13.2 Å². The van der Waals surface area contributed by atoms with Gasteiger partial charge in [0.1, 0.15) is 0 Å². The van der Waals surface area contributed by atoms with Gasteiger partial charge in [0.2, 0.25) is 0 Å². The first-order valence-electron chi connectivity index (χ1n) is 3.48. The number of hydrogen-bond donors (Lipinski definition) is 0. The maximum absolute atomic E-state index is 12.3. The number of benzene rings is 1. The van der Waals surface area contributed by atoms with Crippen LogP contribution in [0.25, 0.3) is 5.57 Å². The van der Waals surface area contributed by atoms with Gasteiger partial charge >= 0.3 is 6.18 Å². The van der Waals surface area contributed by atoms with Crippen LogP contribution in [0.5, 0.6) is 0 Å². The summed E-state index contributed by atoms with van der Waals surface area (Å²) in [6.45, 7) is 0. The maximum Gasteiger partial charge on any atom is 0.417 e. The van der Waals surface area contributed by atoms with Crippen molar-refractivity contribution in [2.24, 2.45) is 0 Å². The molecule has 0 aliphatic rings. The van der Waals surface area contributed by atoms with E-state index in [0.29, 0.717) is 0 Å². The van der Waals surface area contributed by atoms with Crippen molar-refractivity contribution in [2.75, 3.05) is 0 Å².